The highest BCUT2D eigenvalue weighted by molar-refractivity contribution is 5.76. The van der Waals surface area contributed by atoms with Gasteiger partial charge in [-0.25, -0.2) is 0 Å². The van der Waals surface area contributed by atoms with Crippen LogP contribution in [0.15, 0.2) is 12.2 Å². The third-order valence-corrected chi connectivity index (χ3v) is 11.9. The summed E-state index contributed by atoms with van der Waals surface area (Å²) in [7, 11) is 0. The van der Waals surface area contributed by atoms with E-state index in [1.54, 1.807) is 0 Å². The molecule has 1 amide bonds. The van der Waals surface area contributed by atoms with E-state index in [-0.39, 0.29) is 12.5 Å². The van der Waals surface area contributed by atoms with Crippen molar-refractivity contribution >= 4 is 5.91 Å². The zero-order valence-corrected chi connectivity index (χ0v) is 37.3. The average Bonchev–Trinajstić information content (AvgIpc) is 3.19. The molecule has 4 N–H and O–H groups in total. The maximum absolute atomic E-state index is 12.5. The van der Waals surface area contributed by atoms with Crippen molar-refractivity contribution in [1.82, 2.24) is 5.32 Å². The SMILES string of the molecule is CCCCCCCCCCC/C=C\CCCCCCCCCC(=O)NC(CO)C(O)C(O)CCCCCCCCCCCCCCCCCCCCCCC. The lowest BCUT2D eigenvalue weighted by molar-refractivity contribution is -0.124. The van der Waals surface area contributed by atoms with E-state index < -0.39 is 18.2 Å². The van der Waals surface area contributed by atoms with E-state index in [4.69, 9.17) is 0 Å². The Morgan fingerprint density at radius 3 is 1.05 bits per heavy atom. The molecule has 328 valence electrons. The van der Waals surface area contributed by atoms with E-state index >= 15 is 0 Å². The molecule has 0 saturated heterocycles. The highest BCUT2D eigenvalue weighted by Gasteiger charge is 2.26. The van der Waals surface area contributed by atoms with Crippen molar-refractivity contribution in [3.63, 3.8) is 0 Å². The molecule has 0 aliphatic heterocycles. The number of carbonyl (C=O) groups excluding carboxylic acids is 1. The Labute approximate surface area is 344 Å². The lowest BCUT2D eigenvalue weighted by Gasteiger charge is -2.26. The molecule has 0 aliphatic rings. The van der Waals surface area contributed by atoms with Gasteiger partial charge in [-0.15, -0.1) is 0 Å². The number of allylic oxidation sites excluding steroid dienone is 2. The highest BCUT2D eigenvalue weighted by Crippen LogP contribution is 2.17. The Kier molecular flexibility index (Phi) is 45.0. The standard InChI is InChI=1S/C50H99NO4/c1-3-5-7-9-11-13-15-17-19-21-23-25-26-28-30-32-34-36-38-40-42-44-48(53)50(55)47(46-52)51-49(54)45-43-41-39-37-35-33-31-29-27-24-22-20-18-16-14-12-10-8-6-4-2/h24,27,47-48,50,52-53,55H,3-23,25-26,28-46H2,1-2H3,(H,51,54)/b27-24-. The summed E-state index contributed by atoms with van der Waals surface area (Å²) in [6.07, 6.45) is 54.8. The van der Waals surface area contributed by atoms with Crippen LogP contribution >= 0.6 is 0 Å². The van der Waals surface area contributed by atoms with Crippen LogP contribution in [0.4, 0.5) is 0 Å². The lowest BCUT2D eigenvalue weighted by atomic mass is 9.99. The molecule has 0 aromatic heterocycles. The van der Waals surface area contributed by atoms with E-state index in [1.807, 2.05) is 0 Å². The molecule has 0 bridgehead atoms. The summed E-state index contributed by atoms with van der Waals surface area (Å²) < 4.78 is 0. The van der Waals surface area contributed by atoms with Gasteiger partial charge in [0.2, 0.25) is 5.91 Å². The van der Waals surface area contributed by atoms with Crippen LogP contribution in [0.1, 0.15) is 277 Å². The summed E-state index contributed by atoms with van der Waals surface area (Å²) in [5.41, 5.74) is 0. The molecule has 55 heavy (non-hydrogen) atoms. The Bertz CT molecular complexity index is 773. The Hall–Kier alpha value is -0.910. The quantitative estimate of drug-likeness (QED) is 0.0366. The number of amides is 1. The highest BCUT2D eigenvalue weighted by atomic mass is 16.3. The van der Waals surface area contributed by atoms with Crippen LogP contribution < -0.4 is 5.32 Å². The van der Waals surface area contributed by atoms with E-state index in [1.165, 1.54) is 218 Å². The first-order valence-corrected chi connectivity index (χ1v) is 25.0. The van der Waals surface area contributed by atoms with Gasteiger partial charge >= 0.3 is 0 Å². The first-order chi connectivity index (χ1) is 27.1. The summed E-state index contributed by atoms with van der Waals surface area (Å²) in [6, 6.07) is -0.809. The second-order valence-corrected chi connectivity index (χ2v) is 17.4. The number of nitrogens with one attached hydrogen (secondary N) is 1. The van der Waals surface area contributed by atoms with Crippen molar-refractivity contribution < 1.29 is 20.1 Å². The van der Waals surface area contributed by atoms with Crippen LogP contribution in [-0.4, -0.2) is 46.1 Å². The molecule has 0 aliphatic carbocycles. The van der Waals surface area contributed by atoms with E-state index in [2.05, 4.69) is 31.3 Å². The molecule has 5 heteroatoms. The minimum Gasteiger partial charge on any atom is -0.394 e. The third kappa shape index (κ3) is 41.1. The van der Waals surface area contributed by atoms with Crippen LogP contribution in [0.5, 0.6) is 0 Å². The second kappa shape index (κ2) is 45.8. The van der Waals surface area contributed by atoms with Gasteiger partial charge in [-0.3, -0.25) is 4.79 Å². The number of aliphatic hydroxyl groups is 3. The Balaban J connectivity index is 3.57. The molecule has 0 radical (unpaired) electrons. The van der Waals surface area contributed by atoms with Gasteiger partial charge in [0.1, 0.15) is 6.10 Å². The van der Waals surface area contributed by atoms with Gasteiger partial charge in [0.15, 0.2) is 0 Å². The fourth-order valence-electron chi connectivity index (χ4n) is 7.98. The van der Waals surface area contributed by atoms with Gasteiger partial charge in [0.05, 0.1) is 18.8 Å². The first-order valence-electron chi connectivity index (χ1n) is 25.0. The number of hydrogen-bond acceptors (Lipinski definition) is 4. The van der Waals surface area contributed by atoms with Crippen LogP contribution in [0.3, 0.4) is 0 Å². The fourth-order valence-corrected chi connectivity index (χ4v) is 7.98. The second-order valence-electron chi connectivity index (χ2n) is 17.4. The first kappa shape index (κ1) is 54.1. The minimum absolute atomic E-state index is 0.145. The predicted octanol–water partition coefficient (Wildman–Crippen LogP) is 14.8. The summed E-state index contributed by atoms with van der Waals surface area (Å²) in [6.45, 7) is 4.21. The molecule has 0 spiro atoms. The number of rotatable bonds is 46. The number of aliphatic hydroxyl groups excluding tert-OH is 3. The molecule has 0 heterocycles. The molecule has 0 saturated carbocycles. The maximum atomic E-state index is 12.5. The number of carbonyl (C=O) groups is 1. The fraction of sp³-hybridized carbons (Fsp3) is 0.940. The largest absolute Gasteiger partial charge is 0.394 e. The van der Waals surface area contributed by atoms with Crippen LogP contribution in [0, 0.1) is 0 Å². The molecular weight excluding hydrogens is 679 g/mol. The smallest absolute Gasteiger partial charge is 0.220 e. The molecule has 0 fully saturated rings. The van der Waals surface area contributed by atoms with Gasteiger partial charge in [0.25, 0.3) is 0 Å². The molecule has 3 unspecified atom stereocenters. The van der Waals surface area contributed by atoms with Gasteiger partial charge < -0.3 is 20.6 Å². The molecule has 0 aromatic rings. The van der Waals surface area contributed by atoms with Crippen LogP contribution in [-0.2, 0) is 4.79 Å². The lowest BCUT2D eigenvalue weighted by Crippen LogP contribution is -2.50. The summed E-state index contributed by atoms with van der Waals surface area (Å²) in [5.74, 6) is -0.145. The van der Waals surface area contributed by atoms with Gasteiger partial charge in [-0.05, 0) is 38.5 Å². The summed E-state index contributed by atoms with van der Waals surface area (Å²) in [5, 5.41) is 33.7. The van der Waals surface area contributed by atoms with Crippen molar-refractivity contribution in [1.29, 1.82) is 0 Å². The summed E-state index contributed by atoms with van der Waals surface area (Å²) >= 11 is 0. The number of unbranched alkanes of at least 4 members (excludes halogenated alkanes) is 36. The zero-order chi connectivity index (χ0) is 40.1. The zero-order valence-electron chi connectivity index (χ0n) is 37.3. The maximum Gasteiger partial charge on any atom is 0.220 e. The molecule has 0 aromatic carbocycles. The van der Waals surface area contributed by atoms with E-state index in [9.17, 15) is 20.1 Å². The van der Waals surface area contributed by atoms with Crippen LogP contribution in [0.25, 0.3) is 0 Å². The van der Waals surface area contributed by atoms with Crippen LogP contribution in [0.2, 0.25) is 0 Å². The monoisotopic (exact) mass is 778 g/mol. The van der Waals surface area contributed by atoms with Gasteiger partial charge in [-0.1, -0.05) is 244 Å². The number of hydrogen-bond donors (Lipinski definition) is 4. The molecule has 0 rings (SSSR count). The third-order valence-electron chi connectivity index (χ3n) is 11.9. The normalized spacial score (nSPS) is 13.5. The molecule has 3 atom stereocenters. The van der Waals surface area contributed by atoms with E-state index in [0.717, 1.165) is 32.1 Å². The van der Waals surface area contributed by atoms with Crippen molar-refractivity contribution in [2.45, 2.75) is 295 Å². The topological polar surface area (TPSA) is 89.8 Å². The Morgan fingerprint density at radius 2 is 0.727 bits per heavy atom. The molecule has 5 nitrogen and oxygen atoms in total. The average molecular weight is 778 g/mol. The predicted molar refractivity (Wildman–Crippen MR) is 241 cm³/mol. The molecular formula is C50H99NO4. The Morgan fingerprint density at radius 1 is 0.436 bits per heavy atom. The van der Waals surface area contributed by atoms with E-state index in [0.29, 0.717) is 12.8 Å². The van der Waals surface area contributed by atoms with Gasteiger partial charge in [0, 0.05) is 6.42 Å². The van der Waals surface area contributed by atoms with Gasteiger partial charge in [-0.2, -0.15) is 0 Å². The van der Waals surface area contributed by atoms with Crippen molar-refractivity contribution in [3.8, 4) is 0 Å². The van der Waals surface area contributed by atoms with Crippen molar-refractivity contribution in [3.05, 3.63) is 12.2 Å². The summed E-state index contributed by atoms with van der Waals surface area (Å²) in [4.78, 5) is 12.5. The minimum atomic E-state index is -1.14. The van der Waals surface area contributed by atoms with Crippen molar-refractivity contribution in [2.75, 3.05) is 6.61 Å². The van der Waals surface area contributed by atoms with Crippen molar-refractivity contribution in [2.24, 2.45) is 0 Å².